The summed E-state index contributed by atoms with van der Waals surface area (Å²) < 4.78 is 1.74. The second-order valence-electron chi connectivity index (χ2n) is 4.38. The molecule has 2 rings (SSSR count). The highest BCUT2D eigenvalue weighted by molar-refractivity contribution is 5.48. The molecular formula is C12H17N5. The van der Waals surface area contributed by atoms with Crippen molar-refractivity contribution in [1.82, 2.24) is 19.7 Å². The Morgan fingerprint density at radius 1 is 1.41 bits per heavy atom. The van der Waals surface area contributed by atoms with Gasteiger partial charge < -0.3 is 5.73 Å². The van der Waals surface area contributed by atoms with Gasteiger partial charge in [0, 0.05) is 37.1 Å². The first kappa shape index (κ1) is 11.7. The molecule has 0 aliphatic carbocycles. The summed E-state index contributed by atoms with van der Waals surface area (Å²) in [5.41, 5.74) is 8.49. The summed E-state index contributed by atoms with van der Waals surface area (Å²) in [5, 5.41) is 4.30. The maximum absolute atomic E-state index is 5.79. The lowest BCUT2D eigenvalue weighted by molar-refractivity contribution is 0.718. The van der Waals surface area contributed by atoms with Crippen molar-refractivity contribution in [2.45, 2.75) is 26.3 Å². The molecule has 2 aromatic heterocycles. The molecule has 0 saturated heterocycles. The van der Waals surface area contributed by atoms with Crippen LogP contribution in [0.4, 0.5) is 0 Å². The number of aryl methyl sites for hydroxylation is 2. The Morgan fingerprint density at radius 2 is 2.18 bits per heavy atom. The summed E-state index contributed by atoms with van der Waals surface area (Å²) in [6.45, 7) is 3.93. The van der Waals surface area contributed by atoms with Crippen LogP contribution in [0.15, 0.2) is 18.3 Å². The van der Waals surface area contributed by atoms with Gasteiger partial charge in [-0.1, -0.05) is 0 Å². The first-order valence-corrected chi connectivity index (χ1v) is 5.65. The van der Waals surface area contributed by atoms with Gasteiger partial charge in [-0.25, -0.2) is 9.97 Å². The van der Waals surface area contributed by atoms with Crippen molar-refractivity contribution < 1.29 is 0 Å². The van der Waals surface area contributed by atoms with E-state index in [0.717, 1.165) is 23.5 Å². The number of rotatable bonds is 3. The average Bonchev–Trinajstić information content (AvgIpc) is 2.62. The molecule has 5 heteroatoms. The zero-order chi connectivity index (χ0) is 12.4. The first-order valence-electron chi connectivity index (χ1n) is 5.65. The largest absolute Gasteiger partial charge is 0.328 e. The van der Waals surface area contributed by atoms with Crippen molar-refractivity contribution in [3.63, 3.8) is 0 Å². The van der Waals surface area contributed by atoms with E-state index in [1.807, 2.05) is 39.2 Å². The van der Waals surface area contributed by atoms with Crippen LogP contribution in [0.1, 0.15) is 18.3 Å². The summed E-state index contributed by atoms with van der Waals surface area (Å²) in [6.07, 6.45) is 2.63. The normalized spacial score (nSPS) is 12.7. The minimum atomic E-state index is 0.0980. The Morgan fingerprint density at radius 3 is 2.76 bits per heavy atom. The highest BCUT2D eigenvalue weighted by Gasteiger charge is 2.08. The van der Waals surface area contributed by atoms with Gasteiger partial charge in [0.1, 0.15) is 5.69 Å². The fourth-order valence-electron chi connectivity index (χ4n) is 1.72. The molecule has 0 spiro atoms. The molecule has 0 aliphatic rings. The van der Waals surface area contributed by atoms with Crippen LogP contribution in [-0.4, -0.2) is 25.8 Å². The van der Waals surface area contributed by atoms with Crippen molar-refractivity contribution in [2.24, 2.45) is 12.8 Å². The van der Waals surface area contributed by atoms with E-state index < -0.39 is 0 Å². The molecule has 17 heavy (non-hydrogen) atoms. The Bertz CT molecular complexity index is 515. The van der Waals surface area contributed by atoms with E-state index in [2.05, 4.69) is 15.1 Å². The second-order valence-corrected chi connectivity index (χ2v) is 4.38. The lowest BCUT2D eigenvalue weighted by atomic mass is 10.1. The fourth-order valence-corrected chi connectivity index (χ4v) is 1.72. The van der Waals surface area contributed by atoms with Crippen molar-refractivity contribution >= 4 is 0 Å². The van der Waals surface area contributed by atoms with E-state index in [1.54, 1.807) is 4.68 Å². The van der Waals surface area contributed by atoms with Crippen molar-refractivity contribution in [2.75, 3.05) is 0 Å². The number of nitrogens with zero attached hydrogens (tertiary/aromatic N) is 4. The third-order valence-corrected chi connectivity index (χ3v) is 2.38. The molecule has 0 bridgehead atoms. The zero-order valence-electron chi connectivity index (χ0n) is 10.4. The smallest absolute Gasteiger partial charge is 0.180 e. The highest BCUT2D eigenvalue weighted by Crippen LogP contribution is 2.13. The molecule has 0 radical (unpaired) electrons. The molecule has 0 amide bonds. The third kappa shape index (κ3) is 2.88. The second kappa shape index (κ2) is 4.63. The topological polar surface area (TPSA) is 69.6 Å². The van der Waals surface area contributed by atoms with E-state index in [0.29, 0.717) is 5.82 Å². The van der Waals surface area contributed by atoms with Gasteiger partial charge in [0.05, 0.1) is 0 Å². The summed E-state index contributed by atoms with van der Waals surface area (Å²) >= 11 is 0. The maximum atomic E-state index is 5.79. The van der Waals surface area contributed by atoms with Gasteiger partial charge in [-0.05, 0) is 26.0 Å². The number of nitrogens with two attached hydrogens (primary N) is 1. The number of hydrogen-bond donors (Lipinski definition) is 1. The number of aromatic nitrogens is 4. The monoisotopic (exact) mass is 231 g/mol. The van der Waals surface area contributed by atoms with E-state index in [1.165, 1.54) is 0 Å². The van der Waals surface area contributed by atoms with E-state index in [4.69, 9.17) is 5.73 Å². The fraction of sp³-hybridized carbons (Fsp3) is 0.417. The van der Waals surface area contributed by atoms with Gasteiger partial charge in [0.15, 0.2) is 5.82 Å². The molecule has 2 N–H and O–H groups in total. The molecule has 2 heterocycles. The van der Waals surface area contributed by atoms with E-state index in [9.17, 15) is 0 Å². The zero-order valence-corrected chi connectivity index (χ0v) is 10.4. The molecule has 0 fully saturated rings. The lowest BCUT2D eigenvalue weighted by Crippen LogP contribution is -2.19. The van der Waals surface area contributed by atoms with Crippen molar-refractivity contribution in [1.29, 1.82) is 0 Å². The van der Waals surface area contributed by atoms with Crippen LogP contribution < -0.4 is 5.73 Å². The van der Waals surface area contributed by atoms with Crippen LogP contribution in [0, 0.1) is 6.92 Å². The molecule has 0 aromatic carbocycles. The van der Waals surface area contributed by atoms with Crippen molar-refractivity contribution in [3.05, 3.63) is 29.7 Å². The Kier molecular flexibility index (Phi) is 3.19. The molecule has 0 saturated carbocycles. The molecule has 0 aliphatic heterocycles. The summed E-state index contributed by atoms with van der Waals surface area (Å²) in [4.78, 5) is 8.89. The van der Waals surface area contributed by atoms with Gasteiger partial charge in [-0.2, -0.15) is 5.10 Å². The predicted octanol–water partition coefficient (Wildman–Crippen LogP) is 1.08. The molecule has 5 nitrogen and oxygen atoms in total. The van der Waals surface area contributed by atoms with Crippen LogP contribution in [0.3, 0.4) is 0 Å². The molecule has 1 atom stereocenters. The van der Waals surface area contributed by atoms with Gasteiger partial charge in [0.25, 0.3) is 0 Å². The Labute approximate surface area is 101 Å². The molecule has 90 valence electrons. The van der Waals surface area contributed by atoms with Crippen molar-refractivity contribution in [3.8, 4) is 11.5 Å². The summed E-state index contributed by atoms with van der Waals surface area (Å²) in [5.74, 6) is 0.668. The van der Waals surface area contributed by atoms with Crippen LogP contribution in [0.5, 0.6) is 0 Å². The van der Waals surface area contributed by atoms with Crippen LogP contribution in [0.25, 0.3) is 11.5 Å². The Hall–Kier alpha value is -1.75. The van der Waals surface area contributed by atoms with Gasteiger partial charge in [-0.3, -0.25) is 4.68 Å². The minimum Gasteiger partial charge on any atom is -0.328 e. The standard InChI is InChI=1S/C12H17N5/c1-8(13)6-10-7-9(2)14-12(15-10)11-4-5-17(3)16-11/h4-5,7-8H,6,13H2,1-3H3. The maximum Gasteiger partial charge on any atom is 0.180 e. The van der Waals surface area contributed by atoms with E-state index in [-0.39, 0.29) is 6.04 Å². The third-order valence-electron chi connectivity index (χ3n) is 2.38. The van der Waals surface area contributed by atoms with Gasteiger partial charge in [-0.15, -0.1) is 0 Å². The summed E-state index contributed by atoms with van der Waals surface area (Å²) in [6, 6.07) is 3.97. The highest BCUT2D eigenvalue weighted by atomic mass is 15.3. The quantitative estimate of drug-likeness (QED) is 0.858. The SMILES string of the molecule is Cc1cc(CC(C)N)nc(-c2ccn(C)n2)n1. The minimum absolute atomic E-state index is 0.0980. The molecule has 1 unspecified atom stereocenters. The number of hydrogen-bond acceptors (Lipinski definition) is 4. The van der Waals surface area contributed by atoms with E-state index >= 15 is 0 Å². The average molecular weight is 231 g/mol. The lowest BCUT2D eigenvalue weighted by Gasteiger charge is -2.06. The molecule has 2 aromatic rings. The van der Waals surface area contributed by atoms with Gasteiger partial charge in [0.2, 0.25) is 0 Å². The van der Waals surface area contributed by atoms with Crippen LogP contribution in [-0.2, 0) is 13.5 Å². The Balaban J connectivity index is 2.37. The van der Waals surface area contributed by atoms with Crippen LogP contribution in [0.2, 0.25) is 0 Å². The summed E-state index contributed by atoms with van der Waals surface area (Å²) in [7, 11) is 1.88. The van der Waals surface area contributed by atoms with Crippen LogP contribution >= 0.6 is 0 Å². The first-order chi connectivity index (χ1) is 8.04. The predicted molar refractivity (Wildman–Crippen MR) is 66.3 cm³/mol. The molecular weight excluding hydrogens is 214 g/mol. The van der Waals surface area contributed by atoms with Gasteiger partial charge >= 0.3 is 0 Å².